The highest BCUT2D eigenvalue weighted by Gasteiger charge is 2.16. The summed E-state index contributed by atoms with van der Waals surface area (Å²) in [5.41, 5.74) is 7.50. The zero-order chi connectivity index (χ0) is 18.9. The summed E-state index contributed by atoms with van der Waals surface area (Å²) in [6.45, 7) is 6.40. The molecule has 1 heterocycles. The maximum absolute atomic E-state index is 12.3. The van der Waals surface area contributed by atoms with Crippen molar-refractivity contribution in [3.05, 3.63) is 70.4 Å². The Morgan fingerprint density at radius 2 is 1.65 bits per heavy atom. The number of carbonyl (C=O) groups excluding carboxylic acids is 2. The maximum atomic E-state index is 12.3. The van der Waals surface area contributed by atoms with Crippen LogP contribution in [0.5, 0.6) is 0 Å². The standard InChI is InChI=1S/C20H20ClN3O2/c1-20(2,3)13-9-8-12-10-17(22-16(12)11-13)19(26)24-23-18(25)14-6-4-5-7-15(14)21/h4-11,22H,1-3H3,(H,23,25)(H,24,26). The molecule has 1 aromatic heterocycles. The molecule has 0 aliphatic heterocycles. The van der Waals surface area contributed by atoms with E-state index in [4.69, 9.17) is 11.6 Å². The van der Waals surface area contributed by atoms with E-state index in [0.29, 0.717) is 16.3 Å². The monoisotopic (exact) mass is 369 g/mol. The van der Waals surface area contributed by atoms with Crippen molar-refractivity contribution >= 4 is 34.3 Å². The van der Waals surface area contributed by atoms with Gasteiger partial charge >= 0.3 is 0 Å². The highest BCUT2D eigenvalue weighted by molar-refractivity contribution is 6.33. The van der Waals surface area contributed by atoms with Crippen LogP contribution in [-0.4, -0.2) is 16.8 Å². The molecule has 0 radical (unpaired) electrons. The minimum absolute atomic E-state index is 0.0185. The Bertz CT molecular complexity index is 986. The molecular weight excluding hydrogens is 350 g/mol. The van der Waals surface area contributed by atoms with E-state index in [1.807, 2.05) is 12.1 Å². The molecule has 0 bridgehead atoms. The number of hydrogen-bond donors (Lipinski definition) is 3. The summed E-state index contributed by atoms with van der Waals surface area (Å²) in [7, 11) is 0. The minimum atomic E-state index is -0.477. The summed E-state index contributed by atoms with van der Waals surface area (Å²) >= 11 is 5.98. The molecule has 3 aromatic rings. The third-order valence-electron chi connectivity index (χ3n) is 4.14. The van der Waals surface area contributed by atoms with Gasteiger partial charge in [0.15, 0.2) is 0 Å². The maximum Gasteiger partial charge on any atom is 0.286 e. The molecule has 0 fully saturated rings. The van der Waals surface area contributed by atoms with Crippen LogP contribution in [-0.2, 0) is 5.41 Å². The first-order valence-corrected chi connectivity index (χ1v) is 8.62. The number of benzene rings is 2. The molecule has 26 heavy (non-hydrogen) atoms. The number of carbonyl (C=O) groups is 2. The number of fused-ring (bicyclic) bond motifs is 1. The van der Waals surface area contributed by atoms with Gasteiger partial charge in [0, 0.05) is 10.9 Å². The fourth-order valence-corrected chi connectivity index (χ4v) is 2.83. The van der Waals surface area contributed by atoms with Gasteiger partial charge < -0.3 is 4.98 Å². The first-order valence-electron chi connectivity index (χ1n) is 8.24. The lowest BCUT2D eigenvalue weighted by Gasteiger charge is -2.18. The van der Waals surface area contributed by atoms with Crippen LogP contribution in [0.1, 0.15) is 47.2 Å². The van der Waals surface area contributed by atoms with Crippen molar-refractivity contribution in [1.29, 1.82) is 0 Å². The third-order valence-corrected chi connectivity index (χ3v) is 4.47. The average molecular weight is 370 g/mol. The Kier molecular flexibility index (Phi) is 4.74. The second-order valence-corrected chi connectivity index (χ2v) is 7.53. The molecule has 0 atom stereocenters. The van der Waals surface area contributed by atoms with Crippen LogP contribution in [0.3, 0.4) is 0 Å². The molecule has 0 saturated heterocycles. The van der Waals surface area contributed by atoms with E-state index in [0.717, 1.165) is 10.9 Å². The smallest absolute Gasteiger partial charge is 0.286 e. The Morgan fingerprint density at radius 3 is 2.35 bits per heavy atom. The first-order chi connectivity index (χ1) is 12.3. The Hall–Kier alpha value is -2.79. The van der Waals surface area contributed by atoms with Crippen molar-refractivity contribution in [2.75, 3.05) is 0 Å². The van der Waals surface area contributed by atoms with E-state index in [-0.39, 0.29) is 5.41 Å². The predicted molar refractivity (Wildman–Crippen MR) is 103 cm³/mol. The minimum Gasteiger partial charge on any atom is -0.350 e. The number of halogens is 1. The van der Waals surface area contributed by atoms with Crippen LogP contribution >= 0.6 is 11.6 Å². The number of aromatic nitrogens is 1. The van der Waals surface area contributed by atoms with Gasteiger partial charge in [-0.15, -0.1) is 0 Å². The zero-order valence-electron chi connectivity index (χ0n) is 14.8. The number of rotatable bonds is 2. The molecule has 2 amide bonds. The van der Waals surface area contributed by atoms with Gasteiger partial charge in [-0.25, -0.2) is 0 Å². The van der Waals surface area contributed by atoms with Gasteiger partial charge in [0.25, 0.3) is 11.8 Å². The van der Waals surface area contributed by atoms with E-state index in [1.54, 1.807) is 30.3 Å². The topological polar surface area (TPSA) is 74.0 Å². The molecule has 3 rings (SSSR count). The molecule has 6 heteroatoms. The Balaban J connectivity index is 1.74. The highest BCUT2D eigenvalue weighted by atomic mass is 35.5. The Labute approximate surface area is 156 Å². The summed E-state index contributed by atoms with van der Waals surface area (Å²) in [6.07, 6.45) is 0. The molecule has 0 aliphatic carbocycles. The number of amides is 2. The van der Waals surface area contributed by atoms with Crippen LogP contribution < -0.4 is 10.9 Å². The van der Waals surface area contributed by atoms with Crippen molar-refractivity contribution < 1.29 is 9.59 Å². The molecule has 5 nitrogen and oxygen atoms in total. The normalized spacial score (nSPS) is 11.4. The summed E-state index contributed by atoms with van der Waals surface area (Å²) in [6, 6.07) is 14.4. The lowest BCUT2D eigenvalue weighted by molar-refractivity contribution is 0.0844. The van der Waals surface area contributed by atoms with Crippen LogP contribution in [0.4, 0.5) is 0 Å². The molecule has 2 aromatic carbocycles. The van der Waals surface area contributed by atoms with Gasteiger partial charge in [-0.05, 0) is 35.2 Å². The van der Waals surface area contributed by atoms with Gasteiger partial charge in [-0.2, -0.15) is 0 Å². The van der Waals surface area contributed by atoms with E-state index >= 15 is 0 Å². The summed E-state index contributed by atoms with van der Waals surface area (Å²) < 4.78 is 0. The van der Waals surface area contributed by atoms with Crippen molar-refractivity contribution in [1.82, 2.24) is 15.8 Å². The number of hydrazine groups is 1. The second-order valence-electron chi connectivity index (χ2n) is 7.12. The van der Waals surface area contributed by atoms with Crippen molar-refractivity contribution in [3.63, 3.8) is 0 Å². The lowest BCUT2D eigenvalue weighted by Crippen LogP contribution is -2.41. The number of H-pyrrole nitrogens is 1. The summed E-state index contributed by atoms with van der Waals surface area (Å²) in [5.74, 6) is -0.908. The van der Waals surface area contributed by atoms with Crippen molar-refractivity contribution in [2.45, 2.75) is 26.2 Å². The van der Waals surface area contributed by atoms with Crippen molar-refractivity contribution in [3.8, 4) is 0 Å². The number of nitrogens with one attached hydrogen (secondary N) is 3. The highest BCUT2D eigenvalue weighted by Crippen LogP contribution is 2.26. The second kappa shape index (κ2) is 6.84. The van der Waals surface area contributed by atoms with Crippen LogP contribution in [0, 0.1) is 0 Å². The quantitative estimate of drug-likeness (QED) is 0.592. The van der Waals surface area contributed by atoms with Gasteiger partial charge in [0.2, 0.25) is 0 Å². The predicted octanol–water partition coefficient (Wildman–Crippen LogP) is 4.19. The third kappa shape index (κ3) is 3.73. The fourth-order valence-electron chi connectivity index (χ4n) is 2.61. The molecule has 0 saturated carbocycles. The van der Waals surface area contributed by atoms with Crippen LogP contribution in [0.15, 0.2) is 48.5 Å². The molecule has 0 aliphatic rings. The first kappa shape index (κ1) is 18.0. The molecule has 0 unspecified atom stereocenters. The molecule has 134 valence electrons. The SMILES string of the molecule is CC(C)(C)c1ccc2cc(C(=O)NNC(=O)c3ccccc3Cl)[nH]c2c1. The zero-order valence-corrected chi connectivity index (χ0v) is 15.6. The van der Waals surface area contributed by atoms with E-state index in [9.17, 15) is 9.59 Å². The van der Waals surface area contributed by atoms with E-state index < -0.39 is 11.8 Å². The van der Waals surface area contributed by atoms with Gasteiger partial charge in [0.1, 0.15) is 5.69 Å². The van der Waals surface area contributed by atoms with Gasteiger partial charge in [0.05, 0.1) is 10.6 Å². The summed E-state index contributed by atoms with van der Waals surface area (Å²) in [5, 5.41) is 1.25. The Morgan fingerprint density at radius 1 is 0.962 bits per heavy atom. The van der Waals surface area contributed by atoms with E-state index in [2.05, 4.69) is 42.7 Å². The van der Waals surface area contributed by atoms with Gasteiger partial charge in [-0.1, -0.05) is 56.6 Å². The van der Waals surface area contributed by atoms with Crippen LogP contribution in [0.25, 0.3) is 10.9 Å². The molecule has 3 N–H and O–H groups in total. The van der Waals surface area contributed by atoms with Crippen LogP contribution in [0.2, 0.25) is 5.02 Å². The van der Waals surface area contributed by atoms with Gasteiger partial charge in [-0.3, -0.25) is 20.4 Å². The largest absolute Gasteiger partial charge is 0.350 e. The van der Waals surface area contributed by atoms with Crippen molar-refractivity contribution in [2.24, 2.45) is 0 Å². The lowest BCUT2D eigenvalue weighted by atomic mass is 9.87. The molecule has 0 spiro atoms. The average Bonchev–Trinajstić information content (AvgIpc) is 3.02. The van der Waals surface area contributed by atoms with E-state index in [1.165, 1.54) is 5.56 Å². The fraction of sp³-hybridized carbons (Fsp3) is 0.200. The number of aromatic amines is 1. The number of hydrogen-bond acceptors (Lipinski definition) is 2. The summed E-state index contributed by atoms with van der Waals surface area (Å²) in [4.78, 5) is 27.5. The molecular formula is C20H20ClN3O2.